The first-order chi connectivity index (χ1) is 8.72. The first-order valence-corrected chi connectivity index (χ1v) is 8.25. The van der Waals surface area contributed by atoms with E-state index in [1.807, 2.05) is 12.1 Å². The highest BCUT2D eigenvalue weighted by molar-refractivity contribution is 7.84. The molecule has 0 aromatic heterocycles. The minimum atomic E-state index is -0.627. The Morgan fingerprint density at radius 3 is 2.39 bits per heavy atom. The largest absolute Gasteiger partial charge is 0.494 e. The molecule has 0 aliphatic heterocycles. The standard InChI is InChI=1S/C15H24O2S/c1-3-4-12-18(16)13-6-5-11-17-15-9-7-14(2)8-10-15/h7-10H,3-6,11-13H2,1-2H3. The van der Waals surface area contributed by atoms with E-state index in [-0.39, 0.29) is 0 Å². The van der Waals surface area contributed by atoms with Crippen LogP contribution in [0, 0.1) is 6.92 Å². The fourth-order valence-corrected chi connectivity index (χ4v) is 2.94. The van der Waals surface area contributed by atoms with Crippen molar-refractivity contribution in [1.29, 1.82) is 0 Å². The Bertz CT molecular complexity index is 346. The molecule has 1 unspecified atom stereocenters. The Balaban J connectivity index is 2.05. The topological polar surface area (TPSA) is 26.3 Å². The van der Waals surface area contributed by atoms with E-state index in [9.17, 15) is 4.21 Å². The summed E-state index contributed by atoms with van der Waals surface area (Å²) in [6.45, 7) is 4.91. The van der Waals surface area contributed by atoms with Gasteiger partial charge in [0, 0.05) is 22.3 Å². The highest BCUT2D eigenvalue weighted by Crippen LogP contribution is 2.11. The molecule has 1 aromatic rings. The molecular formula is C15H24O2S. The monoisotopic (exact) mass is 268 g/mol. The van der Waals surface area contributed by atoms with Crippen LogP contribution in [0.1, 0.15) is 38.2 Å². The number of rotatable bonds is 9. The molecule has 0 radical (unpaired) electrons. The van der Waals surface area contributed by atoms with Crippen LogP contribution >= 0.6 is 0 Å². The van der Waals surface area contributed by atoms with Gasteiger partial charge in [0.05, 0.1) is 6.61 Å². The molecule has 0 saturated carbocycles. The molecule has 2 nitrogen and oxygen atoms in total. The maximum absolute atomic E-state index is 11.5. The quantitative estimate of drug-likeness (QED) is 0.638. The molecule has 18 heavy (non-hydrogen) atoms. The van der Waals surface area contributed by atoms with E-state index < -0.39 is 10.8 Å². The van der Waals surface area contributed by atoms with Gasteiger partial charge in [0.25, 0.3) is 0 Å². The Morgan fingerprint density at radius 2 is 1.72 bits per heavy atom. The molecule has 0 aliphatic rings. The third kappa shape index (κ3) is 6.80. The van der Waals surface area contributed by atoms with Gasteiger partial charge in [-0.2, -0.15) is 0 Å². The lowest BCUT2D eigenvalue weighted by Gasteiger charge is -2.06. The van der Waals surface area contributed by atoms with Crippen LogP contribution < -0.4 is 4.74 Å². The van der Waals surface area contributed by atoms with Crippen LogP contribution in [0.25, 0.3) is 0 Å². The fourth-order valence-electron chi connectivity index (χ4n) is 1.60. The number of unbranched alkanes of at least 4 members (excludes halogenated alkanes) is 2. The summed E-state index contributed by atoms with van der Waals surface area (Å²) < 4.78 is 17.2. The lowest BCUT2D eigenvalue weighted by molar-refractivity contribution is 0.309. The summed E-state index contributed by atoms with van der Waals surface area (Å²) >= 11 is 0. The Kier molecular flexibility index (Phi) is 7.74. The van der Waals surface area contributed by atoms with Crippen LogP contribution in [0.5, 0.6) is 5.75 Å². The molecule has 0 fully saturated rings. The molecule has 0 saturated heterocycles. The van der Waals surface area contributed by atoms with Crippen molar-refractivity contribution in [2.75, 3.05) is 18.1 Å². The van der Waals surface area contributed by atoms with E-state index in [1.54, 1.807) is 0 Å². The minimum Gasteiger partial charge on any atom is -0.494 e. The normalized spacial score (nSPS) is 12.3. The number of hydrogen-bond donors (Lipinski definition) is 0. The van der Waals surface area contributed by atoms with E-state index in [1.165, 1.54) is 5.56 Å². The smallest absolute Gasteiger partial charge is 0.119 e. The van der Waals surface area contributed by atoms with Gasteiger partial charge in [0.2, 0.25) is 0 Å². The molecular weight excluding hydrogens is 244 g/mol. The second-order valence-electron chi connectivity index (χ2n) is 4.57. The van der Waals surface area contributed by atoms with Crippen molar-refractivity contribution in [3.05, 3.63) is 29.8 Å². The first kappa shape index (κ1) is 15.2. The lowest BCUT2D eigenvalue weighted by atomic mass is 10.2. The maximum Gasteiger partial charge on any atom is 0.119 e. The summed E-state index contributed by atoms with van der Waals surface area (Å²) in [5, 5.41) is 0. The third-order valence-corrected chi connectivity index (χ3v) is 4.27. The predicted octanol–water partition coefficient (Wildman–Crippen LogP) is 3.70. The van der Waals surface area contributed by atoms with Gasteiger partial charge in [0.15, 0.2) is 0 Å². The van der Waals surface area contributed by atoms with Gasteiger partial charge in [-0.05, 0) is 38.3 Å². The molecule has 0 heterocycles. The SMILES string of the molecule is CCCCS(=O)CCCCOc1ccc(C)cc1. The van der Waals surface area contributed by atoms with E-state index in [0.717, 1.165) is 42.9 Å². The van der Waals surface area contributed by atoms with Gasteiger partial charge in [-0.25, -0.2) is 0 Å². The molecule has 3 heteroatoms. The molecule has 102 valence electrons. The van der Waals surface area contributed by atoms with Gasteiger partial charge in [-0.1, -0.05) is 31.0 Å². The minimum absolute atomic E-state index is 0.627. The summed E-state index contributed by atoms with van der Waals surface area (Å²) in [5.74, 6) is 2.60. The molecule has 0 bridgehead atoms. The van der Waals surface area contributed by atoms with E-state index in [0.29, 0.717) is 6.61 Å². The average molecular weight is 268 g/mol. The molecule has 0 aliphatic carbocycles. The first-order valence-electron chi connectivity index (χ1n) is 6.77. The van der Waals surface area contributed by atoms with Crippen LogP contribution in [-0.4, -0.2) is 22.3 Å². The van der Waals surface area contributed by atoms with Gasteiger partial charge in [0.1, 0.15) is 5.75 Å². The van der Waals surface area contributed by atoms with Crippen LogP contribution in [0.4, 0.5) is 0 Å². The summed E-state index contributed by atoms with van der Waals surface area (Å²) in [7, 11) is -0.627. The van der Waals surface area contributed by atoms with Crippen molar-refractivity contribution in [2.45, 2.75) is 39.5 Å². The maximum atomic E-state index is 11.5. The average Bonchev–Trinajstić information content (AvgIpc) is 2.38. The van der Waals surface area contributed by atoms with E-state index in [2.05, 4.69) is 26.0 Å². The van der Waals surface area contributed by atoms with Crippen LogP contribution in [-0.2, 0) is 10.8 Å². The Hall–Kier alpha value is -0.830. The molecule has 1 aromatic carbocycles. The summed E-state index contributed by atoms with van der Waals surface area (Å²) in [6, 6.07) is 8.09. The van der Waals surface area contributed by atoms with Gasteiger partial charge < -0.3 is 4.74 Å². The summed E-state index contributed by atoms with van der Waals surface area (Å²) in [6.07, 6.45) is 4.17. The second-order valence-corrected chi connectivity index (χ2v) is 6.27. The predicted molar refractivity (Wildman–Crippen MR) is 78.7 cm³/mol. The zero-order valence-electron chi connectivity index (χ0n) is 11.5. The molecule has 1 atom stereocenters. The molecule has 0 spiro atoms. The zero-order chi connectivity index (χ0) is 13.2. The van der Waals surface area contributed by atoms with Gasteiger partial charge in [-0.15, -0.1) is 0 Å². The fraction of sp³-hybridized carbons (Fsp3) is 0.600. The number of hydrogen-bond acceptors (Lipinski definition) is 2. The number of benzene rings is 1. The van der Waals surface area contributed by atoms with Crippen LogP contribution in [0.2, 0.25) is 0 Å². The van der Waals surface area contributed by atoms with Crippen molar-refractivity contribution < 1.29 is 8.95 Å². The van der Waals surface area contributed by atoms with Crippen molar-refractivity contribution in [2.24, 2.45) is 0 Å². The summed E-state index contributed by atoms with van der Waals surface area (Å²) in [4.78, 5) is 0. The van der Waals surface area contributed by atoms with E-state index >= 15 is 0 Å². The number of aryl methyl sites for hydroxylation is 1. The number of ether oxygens (including phenoxy) is 1. The van der Waals surface area contributed by atoms with Gasteiger partial charge in [-0.3, -0.25) is 4.21 Å². The second kappa shape index (κ2) is 9.15. The highest BCUT2D eigenvalue weighted by Gasteiger charge is 1.99. The van der Waals surface area contributed by atoms with Crippen molar-refractivity contribution in [3.63, 3.8) is 0 Å². The Labute approximate surface area is 113 Å². The van der Waals surface area contributed by atoms with E-state index in [4.69, 9.17) is 4.74 Å². The molecule has 1 rings (SSSR count). The van der Waals surface area contributed by atoms with Crippen molar-refractivity contribution >= 4 is 10.8 Å². The Morgan fingerprint density at radius 1 is 1.06 bits per heavy atom. The molecule has 0 amide bonds. The van der Waals surface area contributed by atoms with Crippen LogP contribution in [0.3, 0.4) is 0 Å². The van der Waals surface area contributed by atoms with Crippen molar-refractivity contribution in [3.8, 4) is 5.75 Å². The lowest BCUT2D eigenvalue weighted by Crippen LogP contribution is -2.05. The third-order valence-electron chi connectivity index (χ3n) is 2.78. The molecule has 0 N–H and O–H groups in total. The van der Waals surface area contributed by atoms with Crippen LogP contribution in [0.15, 0.2) is 24.3 Å². The van der Waals surface area contributed by atoms with Crippen molar-refractivity contribution in [1.82, 2.24) is 0 Å². The summed E-state index contributed by atoms with van der Waals surface area (Å²) in [5.41, 5.74) is 1.24. The zero-order valence-corrected chi connectivity index (χ0v) is 12.3. The van der Waals surface area contributed by atoms with Gasteiger partial charge >= 0.3 is 0 Å². The highest BCUT2D eigenvalue weighted by atomic mass is 32.2.